The van der Waals surface area contributed by atoms with Gasteiger partial charge >= 0.3 is 0 Å². The van der Waals surface area contributed by atoms with Gasteiger partial charge in [-0.2, -0.15) is 0 Å². The first-order valence-electron chi connectivity index (χ1n) is 10.1. The van der Waals surface area contributed by atoms with Crippen molar-refractivity contribution in [3.8, 4) is 0 Å². The number of hydrogen-bond donors (Lipinski definition) is 0. The van der Waals surface area contributed by atoms with Crippen molar-refractivity contribution in [2.45, 2.75) is 19.9 Å². The van der Waals surface area contributed by atoms with Gasteiger partial charge < -0.3 is 19.4 Å². The monoisotopic (exact) mass is 393 g/mol. The summed E-state index contributed by atoms with van der Waals surface area (Å²) in [5.41, 5.74) is 3.70. The lowest BCUT2D eigenvalue weighted by Crippen LogP contribution is -2.57. The molecule has 0 bridgehead atoms. The molecule has 0 saturated carbocycles. The number of morpholine rings is 1. The normalized spacial score (nSPS) is 20.1. The van der Waals surface area contributed by atoms with Crippen molar-refractivity contribution in [1.82, 2.24) is 4.90 Å². The van der Waals surface area contributed by atoms with Gasteiger partial charge in [-0.3, -0.25) is 9.59 Å². The van der Waals surface area contributed by atoms with Crippen molar-refractivity contribution in [2.75, 3.05) is 49.2 Å². The van der Waals surface area contributed by atoms with E-state index in [1.165, 1.54) is 0 Å². The number of ether oxygens (including phenoxy) is 1. The minimum absolute atomic E-state index is 0.0451. The van der Waals surface area contributed by atoms with Gasteiger partial charge in [-0.05, 0) is 49.7 Å². The molecule has 152 valence electrons. The van der Waals surface area contributed by atoms with E-state index in [-0.39, 0.29) is 24.4 Å². The molecule has 1 unspecified atom stereocenters. The summed E-state index contributed by atoms with van der Waals surface area (Å²) in [5, 5.41) is 0. The Morgan fingerprint density at radius 2 is 1.72 bits per heavy atom. The van der Waals surface area contributed by atoms with Crippen molar-refractivity contribution < 1.29 is 14.3 Å². The quantitative estimate of drug-likeness (QED) is 0.805. The van der Waals surface area contributed by atoms with Crippen LogP contribution in [0, 0.1) is 6.92 Å². The van der Waals surface area contributed by atoms with E-state index < -0.39 is 0 Å². The molecule has 2 aliphatic heterocycles. The second kappa shape index (κ2) is 8.25. The van der Waals surface area contributed by atoms with Gasteiger partial charge in [0.1, 0.15) is 6.54 Å². The van der Waals surface area contributed by atoms with Crippen LogP contribution < -0.4 is 9.80 Å². The van der Waals surface area contributed by atoms with E-state index in [1.807, 2.05) is 67.3 Å². The van der Waals surface area contributed by atoms with Crippen LogP contribution in [0.3, 0.4) is 0 Å². The van der Waals surface area contributed by atoms with Crippen LogP contribution in [-0.2, 0) is 9.53 Å². The zero-order chi connectivity index (χ0) is 20.4. The van der Waals surface area contributed by atoms with Crippen molar-refractivity contribution in [3.05, 3.63) is 59.7 Å². The molecule has 6 heteroatoms. The molecule has 2 amide bonds. The average molecular weight is 393 g/mol. The number of nitrogens with zero attached hydrogens (tertiary/aromatic N) is 3. The standard InChI is InChI=1S/C23H27N3O3/c1-17-5-3-4-6-21(17)26-18(2)15-25(16-22(26)27)23(28)19-7-9-20(10-8-19)24-11-13-29-14-12-24/h3-10,18H,11-16H2,1-2H3. The number of amides is 2. The Morgan fingerprint density at radius 3 is 2.38 bits per heavy atom. The van der Waals surface area contributed by atoms with Crippen LogP contribution in [0.5, 0.6) is 0 Å². The molecular formula is C23H27N3O3. The topological polar surface area (TPSA) is 53.1 Å². The van der Waals surface area contributed by atoms with Crippen molar-refractivity contribution in [1.29, 1.82) is 0 Å². The molecule has 2 saturated heterocycles. The molecule has 0 aliphatic carbocycles. The van der Waals surface area contributed by atoms with Gasteiger partial charge in [-0.1, -0.05) is 18.2 Å². The fourth-order valence-electron chi connectivity index (χ4n) is 4.13. The first-order valence-corrected chi connectivity index (χ1v) is 10.1. The van der Waals surface area contributed by atoms with Crippen molar-refractivity contribution in [3.63, 3.8) is 0 Å². The predicted octanol–water partition coefficient (Wildman–Crippen LogP) is 2.71. The van der Waals surface area contributed by atoms with E-state index in [0.717, 1.165) is 43.2 Å². The van der Waals surface area contributed by atoms with Crippen molar-refractivity contribution in [2.24, 2.45) is 0 Å². The van der Waals surface area contributed by atoms with Crippen LogP contribution >= 0.6 is 0 Å². The number of anilines is 2. The lowest BCUT2D eigenvalue weighted by atomic mass is 10.1. The second-order valence-corrected chi connectivity index (χ2v) is 7.73. The first-order chi connectivity index (χ1) is 14.0. The highest BCUT2D eigenvalue weighted by Gasteiger charge is 2.34. The Bertz CT molecular complexity index is 890. The third-order valence-electron chi connectivity index (χ3n) is 5.67. The van der Waals surface area contributed by atoms with Gasteiger partial charge in [0, 0.05) is 36.6 Å². The summed E-state index contributed by atoms with van der Waals surface area (Å²) >= 11 is 0. The highest BCUT2D eigenvalue weighted by atomic mass is 16.5. The Balaban J connectivity index is 1.46. The van der Waals surface area contributed by atoms with Crippen LogP contribution in [0.4, 0.5) is 11.4 Å². The Morgan fingerprint density at radius 1 is 1.03 bits per heavy atom. The summed E-state index contributed by atoms with van der Waals surface area (Å²) in [5.74, 6) is -0.139. The maximum atomic E-state index is 13.0. The van der Waals surface area contributed by atoms with Gasteiger partial charge in [-0.25, -0.2) is 0 Å². The summed E-state index contributed by atoms with van der Waals surface area (Å²) in [4.78, 5) is 31.6. The second-order valence-electron chi connectivity index (χ2n) is 7.73. The SMILES string of the molecule is Cc1ccccc1N1C(=O)CN(C(=O)c2ccc(N3CCOCC3)cc2)CC1C. The third-order valence-corrected chi connectivity index (χ3v) is 5.67. The Labute approximate surface area is 171 Å². The molecule has 0 spiro atoms. The molecular weight excluding hydrogens is 366 g/mol. The van der Waals surface area contributed by atoms with Gasteiger partial charge in [0.25, 0.3) is 5.91 Å². The molecule has 6 nitrogen and oxygen atoms in total. The van der Waals surface area contributed by atoms with E-state index >= 15 is 0 Å². The number of aryl methyl sites for hydroxylation is 1. The fraction of sp³-hybridized carbons (Fsp3) is 0.391. The van der Waals surface area contributed by atoms with Crippen LogP contribution in [0.25, 0.3) is 0 Å². The molecule has 2 aromatic rings. The van der Waals surface area contributed by atoms with Crippen LogP contribution in [0.2, 0.25) is 0 Å². The Hall–Kier alpha value is -2.86. The van der Waals surface area contributed by atoms with E-state index in [1.54, 1.807) is 4.90 Å². The summed E-state index contributed by atoms with van der Waals surface area (Å²) < 4.78 is 5.39. The molecule has 0 radical (unpaired) electrons. The highest BCUT2D eigenvalue weighted by molar-refractivity contribution is 6.02. The smallest absolute Gasteiger partial charge is 0.254 e. The first kappa shape index (κ1) is 19.5. The van der Waals surface area contributed by atoms with Crippen LogP contribution in [0.15, 0.2) is 48.5 Å². The minimum Gasteiger partial charge on any atom is -0.378 e. The highest BCUT2D eigenvalue weighted by Crippen LogP contribution is 2.26. The maximum Gasteiger partial charge on any atom is 0.254 e. The number of para-hydroxylation sites is 1. The zero-order valence-corrected chi connectivity index (χ0v) is 17.0. The number of hydrogen-bond acceptors (Lipinski definition) is 4. The molecule has 2 heterocycles. The molecule has 4 rings (SSSR count). The number of piperazine rings is 1. The number of carbonyl (C=O) groups excluding carboxylic acids is 2. The predicted molar refractivity (Wildman–Crippen MR) is 114 cm³/mol. The fourth-order valence-corrected chi connectivity index (χ4v) is 4.13. The summed E-state index contributed by atoms with van der Waals surface area (Å²) in [6.45, 7) is 7.79. The van der Waals surface area contributed by atoms with Crippen LogP contribution in [-0.4, -0.2) is 62.1 Å². The van der Waals surface area contributed by atoms with Gasteiger partial charge in [0.05, 0.1) is 19.3 Å². The summed E-state index contributed by atoms with van der Waals surface area (Å²) in [6.07, 6.45) is 0. The molecule has 0 N–H and O–H groups in total. The van der Waals surface area contributed by atoms with E-state index in [4.69, 9.17) is 4.74 Å². The largest absolute Gasteiger partial charge is 0.378 e. The zero-order valence-electron chi connectivity index (χ0n) is 17.0. The minimum atomic E-state index is -0.0943. The van der Waals surface area contributed by atoms with E-state index in [0.29, 0.717) is 12.1 Å². The van der Waals surface area contributed by atoms with Crippen molar-refractivity contribution >= 4 is 23.2 Å². The molecule has 2 fully saturated rings. The summed E-state index contributed by atoms with van der Waals surface area (Å²) in [7, 11) is 0. The lowest BCUT2D eigenvalue weighted by molar-refractivity contribution is -0.121. The maximum absolute atomic E-state index is 13.0. The lowest BCUT2D eigenvalue weighted by Gasteiger charge is -2.40. The van der Waals surface area contributed by atoms with E-state index in [9.17, 15) is 9.59 Å². The molecule has 2 aliphatic rings. The average Bonchev–Trinajstić information content (AvgIpc) is 2.75. The van der Waals surface area contributed by atoms with Gasteiger partial charge in [0.2, 0.25) is 5.91 Å². The summed E-state index contributed by atoms with van der Waals surface area (Å²) in [6, 6.07) is 15.5. The number of carbonyl (C=O) groups is 2. The number of benzene rings is 2. The van der Waals surface area contributed by atoms with Gasteiger partial charge in [0.15, 0.2) is 0 Å². The van der Waals surface area contributed by atoms with E-state index in [2.05, 4.69) is 4.90 Å². The molecule has 1 atom stereocenters. The molecule has 0 aromatic heterocycles. The molecule has 29 heavy (non-hydrogen) atoms. The molecule has 2 aromatic carbocycles. The van der Waals surface area contributed by atoms with Crippen LogP contribution in [0.1, 0.15) is 22.8 Å². The van der Waals surface area contributed by atoms with Gasteiger partial charge in [-0.15, -0.1) is 0 Å². The number of rotatable bonds is 3. The Kier molecular flexibility index (Phi) is 5.53. The third kappa shape index (κ3) is 3.98.